The fourth-order valence-electron chi connectivity index (χ4n) is 1.69. The molecule has 0 aliphatic rings. The average Bonchev–Trinajstić information content (AvgIpc) is 2.51. The Morgan fingerprint density at radius 3 is 2.57 bits per heavy atom. The van der Waals surface area contributed by atoms with Gasteiger partial charge in [-0.15, -0.1) is 0 Å². The normalized spacial score (nSPS) is 10.5. The first-order valence-electron chi connectivity index (χ1n) is 4.77. The lowest BCUT2D eigenvalue weighted by atomic mass is 10.1. The van der Waals surface area contributed by atoms with Crippen molar-refractivity contribution in [1.82, 2.24) is 4.57 Å². The minimum atomic E-state index is 1.25. The van der Waals surface area contributed by atoms with Gasteiger partial charge in [-0.2, -0.15) is 0 Å². The first kappa shape index (κ1) is 9.00. The summed E-state index contributed by atoms with van der Waals surface area (Å²) in [4.78, 5) is 0. The monoisotopic (exact) mass is 187 g/mol. The molecule has 2 aromatic rings. The number of rotatable bonds is 1. The van der Waals surface area contributed by atoms with Crippen molar-refractivity contribution in [3.63, 3.8) is 0 Å². The standard InChI is InChI=1S/C12H15N2/c1-10-4-5-12(11(2)8-10)14-7-6-13(3)9-14/h4-9H,1-3H3/q+1. The molecule has 0 aliphatic carbocycles. The smallest absolute Gasteiger partial charge is 0.239 e. The lowest BCUT2D eigenvalue weighted by Gasteiger charge is -2.01. The van der Waals surface area contributed by atoms with E-state index in [4.69, 9.17) is 0 Å². The van der Waals surface area contributed by atoms with Crippen LogP contribution in [0.3, 0.4) is 0 Å². The molecule has 0 radical (unpaired) electrons. The van der Waals surface area contributed by atoms with Crippen molar-refractivity contribution in [3.8, 4) is 5.69 Å². The van der Waals surface area contributed by atoms with Crippen molar-refractivity contribution in [2.75, 3.05) is 0 Å². The van der Waals surface area contributed by atoms with Crippen molar-refractivity contribution in [3.05, 3.63) is 48.0 Å². The summed E-state index contributed by atoms with van der Waals surface area (Å²) in [5.74, 6) is 0. The first-order chi connectivity index (χ1) is 6.66. The molecule has 0 spiro atoms. The Bertz CT molecular complexity index is 455. The minimum Gasteiger partial charge on any atom is -0.239 e. The fraction of sp³-hybridized carbons (Fsp3) is 0.250. The topological polar surface area (TPSA) is 8.81 Å². The van der Waals surface area contributed by atoms with Gasteiger partial charge >= 0.3 is 0 Å². The summed E-state index contributed by atoms with van der Waals surface area (Å²) >= 11 is 0. The van der Waals surface area contributed by atoms with Crippen LogP contribution in [0.15, 0.2) is 36.9 Å². The summed E-state index contributed by atoms with van der Waals surface area (Å²) in [5, 5.41) is 0. The highest BCUT2D eigenvalue weighted by atomic mass is 15.1. The largest absolute Gasteiger partial charge is 0.248 e. The molecule has 0 bridgehead atoms. The number of aromatic nitrogens is 2. The van der Waals surface area contributed by atoms with Crippen molar-refractivity contribution in [2.24, 2.45) is 7.05 Å². The second kappa shape index (κ2) is 3.29. The highest BCUT2D eigenvalue weighted by Crippen LogP contribution is 2.14. The van der Waals surface area contributed by atoms with Gasteiger partial charge in [0.05, 0.1) is 7.05 Å². The molecule has 72 valence electrons. The maximum absolute atomic E-state index is 2.20. The Morgan fingerprint density at radius 2 is 2.00 bits per heavy atom. The average molecular weight is 187 g/mol. The number of hydrogen-bond acceptors (Lipinski definition) is 0. The van der Waals surface area contributed by atoms with E-state index in [1.165, 1.54) is 16.8 Å². The van der Waals surface area contributed by atoms with E-state index >= 15 is 0 Å². The van der Waals surface area contributed by atoms with Gasteiger partial charge in [0.15, 0.2) is 0 Å². The van der Waals surface area contributed by atoms with Crippen LogP contribution >= 0.6 is 0 Å². The van der Waals surface area contributed by atoms with E-state index in [1.807, 2.05) is 17.8 Å². The van der Waals surface area contributed by atoms with Crippen molar-refractivity contribution in [2.45, 2.75) is 13.8 Å². The summed E-state index contributed by atoms with van der Waals surface area (Å²) in [5.41, 5.74) is 3.86. The Kier molecular flexibility index (Phi) is 2.12. The minimum absolute atomic E-state index is 1.25. The Hall–Kier alpha value is -1.57. The predicted octanol–water partition coefficient (Wildman–Crippen LogP) is 1.92. The zero-order chi connectivity index (χ0) is 10.1. The van der Waals surface area contributed by atoms with Crippen LogP contribution in [-0.4, -0.2) is 4.57 Å². The van der Waals surface area contributed by atoms with Crippen LogP contribution in [0.1, 0.15) is 11.1 Å². The summed E-state index contributed by atoms with van der Waals surface area (Å²) in [6.45, 7) is 4.26. The van der Waals surface area contributed by atoms with Crippen molar-refractivity contribution in [1.29, 1.82) is 0 Å². The predicted molar refractivity (Wildman–Crippen MR) is 56.4 cm³/mol. The second-order valence-electron chi connectivity index (χ2n) is 3.78. The number of imidazole rings is 1. The summed E-state index contributed by atoms with van der Waals surface area (Å²) in [7, 11) is 2.03. The zero-order valence-electron chi connectivity index (χ0n) is 8.86. The van der Waals surface area contributed by atoms with E-state index in [1.54, 1.807) is 0 Å². The van der Waals surface area contributed by atoms with Gasteiger partial charge in [-0.1, -0.05) is 17.7 Å². The molecule has 2 rings (SSSR count). The maximum atomic E-state index is 2.20. The maximum Gasteiger partial charge on any atom is 0.248 e. The van der Waals surface area contributed by atoms with Crippen LogP contribution in [0.5, 0.6) is 0 Å². The highest BCUT2D eigenvalue weighted by Gasteiger charge is 2.06. The van der Waals surface area contributed by atoms with E-state index in [9.17, 15) is 0 Å². The summed E-state index contributed by atoms with van der Waals surface area (Å²) < 4.78 is 4.17. The number of hydrogen-bond donors (Lipinski definition) is 0. The lowest BCUT2D eigenvalue weighted by Crippen LogP contribution is -2.23. The van der Waals surface area contributed by atoms with E-state index in [2.05, 4.69) is 49.1 Å². The molecule has 0 fully saturated rings. The van der Waals surface area contributed by atoms with Gasteiger partial charge in [-0.05, 0) is 25.5 Å². The first-order valence-corrected chi connectivity index (χ1v) is 4.77. The molecule has 0 N–H and O–H groups in total. The van der Waals surface area contributed by atoms with E-state index < -0.39 is 0 Å². The summed E-state index contributed by atoms with van der Waals surface area (Å²) in [6, 6.07) is 6.50. The molecule has 1 aromatic carbocycles. The van der Waals surface area contributed by atoms with Crippen molar-refractivity contribution < 1.29 is 4.57 Å². The number of aryl methyl sites for hydroxylation is 3. The van der Waals surface area contributed by atoms with Gasteiger partial charge in [0.25, 0.3) is 0 Å². The van der Waals surface area contributed by atoms with Gasteiger partial charge < -0.3 is 0 Å². The molecule has 1 aromatic heterocycles. The molecule has 0 aliphatic heterocycles. The molecule has 0 saturated carbocycles. The van der Waals surface area contributed by atoms with Gasteiger partial charge in [0.1, 0.15) is 18.1 Å². The zero-order valence-corrected chi connectivity index (χ0v) is 8.86. The van der Waals surface area contributed by atoms with E-state index in [-0.39, 0.29) is 0 Å². The molecule has 0 saturated heterocycles. The SMILES string of the molecule is Cc1ccc(-n2cc[n+](C)c2)c(C)c1. The van der Waals surface area contributed by atoms with E-state index in [0.717, 1.165) is 0 Å². The molecule has 2 heteroatoms. The summed E-state index contributed by atoms with van der Waals surface area (Å²) in [6.07, 6.45) is 6.18. The molecule has 0 unspecified atom stereocenters. The molecular formula is C12H15N2+. The van der Waals surface area contributed by atoms with Gasteiger partial charge in [0.2, 0.25) is 6.33 Å². The lowest BCUT2D eigenvalue weighted by molar-refractivity contribution is -0.670. The van der Waals surface area contributed by atoms with Crippen LogP contribution in [-0.2, 0) is 7.05 Å². The number of nitrogens with zero attached hydrogens (tertiary/aromatic N) is 2. The second-order valence-corrected chi connectivity index (χ2v) is 3.78. The molecular weight excluding hydrogens is 172 g/mol. The molecule has 0 atom stereocenters. The number of benzene rings is 1. The molecule has 14 heavy (non-hydrogen) atoms. The Labute approximate surface area is 84.4 Å². The Balaban J connectivity index is 2.52. The van der Waals surface area contributed by atoms with E-state index in [0.29, 0.717) is 0 Å². The Morgan fingerprint density at radius 1 is 1.21 bits per heavy atom. The third-order valence-electron chi connectivity index (χ3n) is 2.40. The third-order valence-corrected chi connectivity index (χ3v) is 2.40. The van der Waals surface area contributed by atoms with Crippen LogP contribution in [0.25, 0.3) is 5.69 Å². The third kappa shape index (κ3) is 1.55. The van der Waals surface area contributed by atoms with Crippen molar-refractivity contribution >= 4 is 0 Å². The fourth-order valence-corrected chi connectivity index (χ4v) is 1.69. The molecule has 0 amide bonds. The van der Waals surface area contributed by atoms with Gasteiger partial charge in [-0.25, -0.2) is 9.13 Å². The van der Waals surface area contributed by atoms with Gasteiger partial charge in [0, 0.05) is 0 Å². The van der Waals surface area contributed by atoms with Crippen LogP contribution < -0.4 is 4.57 Å². The molecule has 2 nitrogen and oxygen atoms in total. The van der Waals surface area contributed by atoms with Crippen LogP contribution in [0.2, 0.25) is 0 Å². The molecule has 1 heterocycles. The van der Waals surface area contributed by atoms with Crippen LogP contribution in [0.4, 0.5) is 0 Å². The van der Waals surface area contributed by atoms with Crippen LogP contribution in [0, 0.1) is 13.8 Å². The van der Waals surface area contributed by atoms with Gasteiger partial charge in [-0.3, -0.25) is 0 Å². The quantitative estimate of drug-likeness (QED) is 0.603. The highest BCUT2D eigenvalue weighted by molar-refractivity contribution is 5.42.